The fourth-order valence-corrected chi connectivity index (χ4v) is 4.39. The van der Waals surface area contributed by atoms with Crippen LogP contribution >= 0.6 is 0 Å². The number of carboxylic acids is 1. The number of aromatic carboxylic acids is 1. The molecule has 4 aromatic rings. The molecular weight excluding hydrogens is 410 g/mol. The Bertz CT molecular complexity index is 1270. The Kier molecular flexibility index (Phi) is 6.11. The molecular formula is C25H21NO4S. The number of carboxylic acid groups (broad SMARTS) is 1. The lowest BCUT2D eigenvalue weighted by Gasteiger charge is -2.23. The van der Waals surface area contributed by atoms with Gasteiger partial charge in [-0.3, -0.25) is 4.55 Å². The van der Waals surface area contributed by atoms with Gasteiger partial charge in [0.05, 0.1) is 16.9 Å². The molecule has 4 aromatic carbocycles. The standard InChI is InChI=1S/C25H21NO4S/c27-25(28)23-11-5-3-8-19(23)13-14-20-9-4-6-12-24(20)26(31(29)30)22-16-15-18-7-1-2-10-21(18)17-22/h1-12,15-17H,13-14H2,(H,27,28)(H,29,30). The van der Waals surface area contributed by atoms with E-state index in [4.69, 9.17) is 0 Å². The number of hydrogen-bond acceptors (Lipinski definition) is 2. The van der Waals surface area contributed by atoms with Crippen molar-refractivity contribution in [2.45, 2.75) is 12.8 Å². The summed E-state index contributed by atoms with van der Waals surface area (Å²) in [6.45, 7) is 0. The number of carbonyl (C=O) groups is 1. The molecule has 31 heavy (non-hydrogen) atoms. The zero-order valence-electron chi connectivity index (χ0n) is 16.6. The number of fused-ring (bicyclic) bond motifs is 1. The van der Waals surface area contributed by atoms with Crippen LogP contribution in [0.25, 0.3) is 10.8 Å². The van der Waals surface area contributed by atoms with E-state index in [1.807, 2.05) is 72.8 Å². The molecule has 0 amide bonds. The topological polar surface area (TPSA) is 77.8 Å². The van der Waals surface area contributed by atoms with Crippen LogP contribution in [-0.2, 0) is 24.1 Å². The predicted octanol–water partition coefficient (Wildman–Crippen LogP) is 5.60. The summed E-state index contributed by atoms with van der Waals surface area (Å²) < 4.78 is 23.9. The summed E-state index contributed by atoms with van der Waals surface area (Å²) in [5, 5.41) is 11.5. The Morgan fingerprint density at radius 3 is 2.13 bits per heavy atom. The number of aryl methyl sites for hydroxylation is 2. The normalized spacial score (nSPS) is 11.9. The Morgan fingerprint density at radius 2 is 1.39 bits per heavy atom. The summed E-state index contributed by atoms with van der Waals surface area (Å²) in [6, 6.07) is 27.8. The summed E-state index contributed by atoms with van der Waals surface area (Å²) in [5.41, 5.74) is 3.09. The monoisotopic (exact) mass is 431 g/mol. The minimum Gasteiger partial charge on any atom is -0.478 e. The Labute approximate surface area is 183 Å². The van der Waals surface area contributed by atoms with Crippen molar-refractivity contribution in [1.29, 1.82) is 0 Å². The van der Waals surface area contributed by atoms with Crippen molar-refractivity contribution in [3.05, 3.63) is 108 Å². The van der Waals surface area contributed by atoms with E-state index >= 15 is 0 Å². The second-order valence-corrected chi connectivity index (χ2v) is 7.97. The van der Waals surface area contributed by atoms with Gasteiger partial charge < -0.3 is 5.11 Å². The fourth-order valence-electron chi connectivity index (χ4n) is 3.75. The molecule has 0 saturated heterocycles. The summed E-state index contributed by atoms with van der Waals surface area (Å²) in [4.78, 5) is 11.5. The van der Waals surface area contributed by atoms with Crippen LogP contribution in [0.3, 0.4) is 0 Å². The first-order valence-corrected chi connectivity index (χ1v) is 10.9. The van der Waals surface area contributed by atoms with Gasteiger partial charge in [0.2, 0.25) is 0 Å². The molecule has 0 radical (unpaired) electrons. The van der Waals surface area contributed by atoms with Crippen molar-refractivity contribution < 1.29 is 18.7 Å². The van der Waals surface area contributed by atoms with Gasteiger partial charge in [0.1, 0.15) is 0 Å². The van der Waals surface area contributed by atoms with E-state index < -0.39 is 17.2 Å². The second-order valence-electron chi connectivity index (χ2n) is 7.15. The Morgan fingerprint density at radius 1 is 0.774 bits per heavy atom. The van der Waals surface area contributed by atoms with Gasteiger partial charge in [0.25, 0.3) is 11.3 Å². The van der Waals surface area contributed by atoms with Gasteiger partial charge >= 0.3 is 5.97 Å². The average molecular weight is 432 g/mol. The SMILES string of the molecule is O=C(O)c1ccccc1CCc1ccccc1N(c1ccc2ccccc2c1)S(=O)O. The van der Waals surface area contributed by atoms with Gasteiger partial charge in [-0.1, -0.05) is 66.7 Å². The number of nitrogens with zero attached hydrogens (tertiary/aromatic N) is 1. The van der Waals surface area contributed by atoms with E-state index in [0.29, 0.717) is 24.2 Å². The Hall–Kier alpha value is -3.48. The molecule has 0 fully saturated rings. The maximum atomic E-state index is 12.4. The van der Waals surface area contributed by atoms with Gasteiger partial charge in [0.15, 0.2) is 0 Å². The molecule has 0 aliphatic carbocycles. The summed E-state index contributed by atoms with van der Waals surface area (Å²) in [7, 11) is 0. The van der Waals surface area contributed by atoms with Gasteiger partial charge in [-0.15, -0.1) is 0 Å². The van der Waals surface area contributed by atoms with Gasteiger partial charge in [-0.25, -0.2) is 13.3 Å². The second kappa shape index (κ2) is 9.12. The first kappa shape index (κ1) is 20.8. The third kappa shape index (κ3) is 4.50. The molecule has 0 bridgehead atoms. The quantitative estimate of drug-likeness (QED) is 0.374. The Balaban J connectivity index is 1.70. The highest BCUT2D eigenvalue weighted by Crippen LogP contribution is 2.33. The molecule has 4 rings (SSSR count). The largest absolute Gasteiger partial charge is 0.478 e. The van der Waals surface area contributed by atoms with E-state index in [-0.39, 0.29) is 5.56 Å². The maximum absolute atomic E-state index is 12.4. The highest BCUT2D eigenvalue weighted by molar-refractivity contribution is 7.81. The van der Waals surface area contributed by atoms with Crippen molar-refractivity contribution >= 4 is 39.4 Å². The van der Waals surface area contributed by atoms with Crippen LogP contribution in [0.5, 0.6) is 0 Å². The predicted molar refractivity (Wildman–Crippen MR) is 124 cm³/mol. The molecule has 0 heterocycles. The highest BCUT2D eigenvalue weighted by Gasteiger charge is 2.19. The highest BCUT2D eigenvalue weighted by atomic mass is 32.2. The first-order chi connectivity index (χ1) is 15.0. The lowest BCUT2D eigenvalue weighted by molar-refractivity contribution is 0.0695. The molecule has 0 aromatic heterocycles. The van der Waals surface area contributed by atoms with E-state index in [0.717, 1.165) is 21.9 Å². The van der Waals surface area contributed by atoms with E-state index in [2.05, 4.69) is 0 Å². The zero-order valence-corrected chi connectivity index (χ0v) is 17.5. The number of anilines is 2. The van der Waals surface area contributed by atoms with Crippen LogP contribution in [0, 0.1) is 0 Å². The lowest BCUT2D eigenvalue weighted by atomic mass is 9.99. The van der Waals surface area contributed by atoms with Gasteiger partial charge in [-0.05, 0) is 59.0 Å². The molecule has 1 unspecified atom stereocenters. The van der Waals surface area contributed by atoms with E-state index in [9.17, 15) is 18.7 Å². The zero-order chi connectivity index (χ0) is 21.8. The van der Waals surface area contributed by atoms with Crippen LogP contribution in [0.2, 0.25) is 0 Å². The van der Waals surface area contributed by atoms with Crippen LogP contribution in [0.1, 0.15) is 21.5 Å². The fraction of sp³-hybridized carbons (Fsp3) is 0.0800. The number of para-hydroxylation sites is 1. The summed E-state index contributed by atoms with van der Waals surface area (Å²) in [6.07, 6.45) is 1.03. The number of benzene rings is 4. The molecule has 6 heteroatoms. The third-order valence-electron chi connectivity index (χ3n) is 5.25. The van der Waals surface area contributed by atoms with Gasteiger partial charge in [-0.2, -0.15) is 0 Å². The molecule has 0 aliphatic rings. The minimum absolute atomic E-state index is 0.275. The van der Waals surface area contributed by atoms with Crippen LogP contribution in [0.4, 0.5) is 11.4 Å². The number of hydrogen-bond donors (Lipinski definition) is 2. The van der Waals surface area contributed by atoms with Gasteiger partial charge in [0, 0.05) is 0 Å². The molecule has 2 N–H and O–H groups in total. The van der Waals surface area contributed by atoms with Crippen LogP contribution < -0.4 is 4.31 Å². The summed E-state index contributed by atoms with van der Waals surface area (Å²) >= 11 is -2.28. The molecule has 0 saturated carbocycles. The maximum Gasteiger partial charge on any atom is 0.335 e. The van der Waals surface area contributed by atoms with Crippen molar-refractivity contribution in [2.75, 3.05) is 4.31 Å². The molecule has 156 valence electrons. The molecule has 0 spiro atoms. The van der Waals surface area contributed by atoms with E-state index in [1.54, 1.807) is 18.2 Å². The third-order valence-corrected chi connectivity index (χ3v) is 5.97. The van der Waals surface area contributed by atoms with Crippen LogP contribution in [-0.4, -0.2) is 19.8 Å². The van der Waals surface area contributed by atoms with Crippen molar-refractivity contribution in [3.63, 3.8) is 0 Å². The van der Waals surface area contributed by atoms with Crippen molar-refractivity contribution in [2.24, 2.45) is 0 Å². The molecule has 5 nitrogen and oxygen atoms in total. The van der Waals surface area contributed by atoms with Crippen LogP contribution in [0.15, 0.2) is 91.0 Å². The molecule has 0 aliphatic heterocycles. The lowest BCUT2D eigenvalue weighted by Crippen LogP contribution is -2.20. The minimum atomic E-state index is -2.28. The molecule has 1 atom stereocenters. The van der Waals surface area contributed by atoms with Crippen molar-refractivity contribution in [1.82, 2.24) is 0 Å². The smallest absolute Gasteiger partial charge is 0.335 e. The van der Waals surface area contributed by atoms with E-state index in [1.165, 1.54) is 4.31 Å². The first-order valence-electron chi connectivity index (χ1n) is 9.83. The number of rotatable bonds is 7. The van der Waals surface area contributed by atoms with Crippen molar-refractivity contribution in [3.8, 4) is 0 Å². The summed E-state index contributed by atoms with van der Waals surface area (Å²) in [5.74, 6) is -0.960. The average Bonchev–Trinajstić information content (AvgIpc) is 2.78.